The molecular weight excluding hydrogens is 310 g/mol. The van der Waals surface area contributed by atoms with Crippen LogP contribution in [0.5, 0.6) is 5.75 Å². The van der Waals surface area contributed by atoms with E-state index in [-0.39, 0.29) is 17.1 Å². The number of rotatable bonds is 5. The summed E-state index contributed by atoms with van der Waals surface area (Å²) >= 11 is 0. The van der Waals surface area contributed by atoms with Gasteiger partial charge in [0.2, 0.25) is 0 Å². The number of phenols is 1. The molecule has 24 heavy (non-hydrogen) atoms. The SMILES string of the molecule is CC(=O)c1ccc(NC(=O)C(C)OC(=O)c2ccc(O)cc2)cc1. The lowest BCUT2D eigenvalue weighted by Gasteiger charge is -2.13. The molecule has 1 atom stereocenters. The van der Waals surface area contributed by atoms with E-state index in [1.807, 2.05) is 0 Å². The average Bonchev–Trinajstić information content (AvgIpc) is 2.55. The first-order valence-corrected chi connectivity index (χ1v) is 7.28. The summed E-state index contributed by atoms with van der Waals surface area (Å²) in [5, 5.41) is 11.8. The number of hydrogen-bond donors (Lipinski definition) is 2. The maximum Gasteiger partial charge on any atom is 0.338 e. The molecule has 6 heteroatoms. The molecule has 6 nitrogen and oxygen atoms in total. The Labute approximate surface area is 139 Å². The van der Waals surface area contributed by atoms with E-state index in [2.05, 4.69) is 5.32 Å². The Balaban J connectivity index is 1.95. The second-order valence-corrected chi connectivity index (χ2v) is 5.22. The van der Waals surface area contributed by atoms with Gasteiger partial charge in [0.1, 0.15) is 5.75 Å². The van der Waals surface area contributed by atoms with Crippen LogP contribution in [0, 0.1) is 0 Å². The van der Waals surface area contributed by atoms with Crippen LogP contribution in [-0.4, -0.2) is 28.9 Å². The Morgan fingerprint density at radius 1 is 0.958 bits per heavy atom. The molecule has 1 unspecified atom stereocenters. The summed E-state index contributed by atoms with van der Waals surface area (Å²) in [5.74, 6) is -1.18. The van der Waals surface area contributed by atoms with E-state index in [0.717, 1.165) is 0 Å². The van der Waals surface area contributed by atoms with Gasteiger partial charge in [-0.2, -0.15) is 0 Å². The van der Waals surface area contributed by atoms with Crippen molar-refractivity contribution in [1.29, 1.82) is 0 Å². The molecule has 0 saturated carbocycles. The number of Topliss-reactive ketones (excluding diaryl/α,β-unsaturated/α-hetero) is 1. The van der Waals surface area contributed by atoms with Crippen LogP contribution in [0.25, 0.3) is 0 Å². The van der Waals surface area contributed by atoms with Gasteiger partial charge in [-0.05, 0) is 62.4 Å². The number of hydrogen-bond acceptors (Lipinski definition) is 5. The van der Waals surface area contributed by atoms with Gasteiger partial charge < -0.3 is 15.2 Å². The number of carbonyl (C=O) groups excluding carboxylic acids is 3. The predicted octanol–water partition coefficient (Wildman–Crippen LogP) is 2.78. The summed E-state index contributed by atoms with van der Waals surface area (Å²) in [6.07, 6.45) is -1.00. The minimum Gasteiger partial charge on any atom is -0.508 e. The Kier molecular flexibility index (Phi) is 5.31. The van der Waals surface area contributed by atoms with Crippen LogP contribution in [0.4, 0.5) is 5.69 Å². The molecule has 0 heterocycles. The highest BCUT2D eigenvalue weighted by atomic mass is 16.5. The third-order valence-electron chi connectivity index (χ3n) is 3.32. The van der Waals surface area contributed by atoms with Crippen LogP contribution in [0.15, 0.2) is 48.5 Å². The van der Waals surface area contributed by atoms with E-state index in [1.165, 1.54) is 38.1 Å². The van der Waals surface area contributed by atoms with Crippen LogP contribution in [0.2, 0.25) is 0 Å². The van der Waals surface area contributed by atoms with Crippen LogP contribution in [0.3, 0.4) is 0 Å². The van der Waals surface area contributed by atoms with Crippen molar-refractivity contribution in [1.82, 2.24) is 0 Å². The number of benzene rings is 2. The first kappa shape index (κ1) is 17.2. The van der Waals surface area contributed by atoms with E-state index in [9.17, 15) is 19.5 Å². The highest BCUT2D eigenvalue weighted by Crippen LogP contribution is 2.13. The lowest BCUT2D eigenvalue weighted by atomic mass is 10.1. The Morgan fingerprint density at radius 3 is 2.04 bits per heavy atom. The summed E-state index contributed by atoms with van der Waals surface area (Å²) in [6, 6.07) is 11.9. The molecule has 2 rings (SSSR count). The topological polar surface area (TPSA) is 92.7 Å². The number of nitrogens with one attached hydrogen (secondary N) is 1. The molecule has 0 aliphatic heterocycles. The van der Waals surface area contributed by atoms with Gasteiger partial charge in [0.15, 0.2) is 11.9 Å². The van der Waals surface area contributed by atoms with Crippen molar-refractivity contribution in [3.05, 3.63) is 59.7 Å². The largest absolute Gasteiger partial charge is 0.508 e. The van der Waals surface area contributed by atoms with Gasteiger partial charge in [-0.3, -0.25) is 9.59 Å². The number of carbonyl (C=O) groups is 3. The third kappa shape index (κ3) is 4.42. The second kappa shape index (κ2) is 7.41. The molecule has 2 N–H and O–H groups in total. The van der Waals surface area contributed by atoms with E-state index in [4.69, 9.17) is 4.74 Å². The quantitative estimate of drug-likeness (QED) is 0.651. The zero-order valence-electron chi connectivity index (χ0n) is 13.3. The Hall–Kier alpha value is -3.15. The summed E-state index contributed by atoms with van der Waals surface area (Å²) < 4.78 is 5.09. The number of phenolic OH excluding ortho intramolecular Hbond substituents is 1. The molecule has 0 bridgehead atoms. The van der Waals surface area contributed by atoms with E-state index < -0.39 is 18.0 Å². The minimum atomic E-state index is -1.00. The van der Waals surface area contributed by atoms with Crippen molar-refractivity contribution >= 4 is 23.3 Å². The third-order valence-corrected chi connectivity index (χ3v) is 3.32. The van der Waals surface area contributed by atoms with Gasteiger partial charge in [0.05, 0.1) is 5.56 Å². The number of amides is 1. The summed E-state index contributed by atoms with van der Waals surface area (Å²) in [7, 11) is 0. The lowest BCUT2D eigenvalue weighted by Crippen LogP contribution is -2.30. The number of ketones is 1. The van der Waals surface area contributed by atoms with Crippen LogP contribution in [-0.2, 0) is 9.53 Å². The van der Waals surface area contributed by atoms with E-state index >= 15 is 0 Å². The first-order valence-electron chi connectivity index (χ1n) is 7.28. The minimum absolute atomic E-state index is 0.0337. The summed E-state index contributed by atoms with van der Waals surface area (Å²) in [6.45, 7) is 2.91. The summed E-state index contributed by atoms with van der Waals surface area (Å²) in [5.41, 5.74) is 1.27. The number of esters is 1. The van der Waals surface area contributed by atoms with Gasteiger partial charge in [0.25, 0.3) is 5.91 Å². The van der Waals surface area contributed by atoms with E-state index in [1.54, 1.807) is 24.3 Å². The molecule has 0 aliphatic rings. The van der Waals surface area contributed by atoms with Crippen molar-refractivity contribution in [2.24, 2.45) is 0 Å². The molecule has 124 valence electrons. The highest BCUT2D eigenvalue weighted by Gasteiger charge is 2.19. The van der Waals surface area contributed by atoms with Crippen molar-refractivity contribution in [2.75, 3.05) is 5.32 Å². The molecule has 2 aromatic rings. The molecule has 0 saturated heterocycles. The van der Waals surface area contributed by atoms with Gasteiger partial charge in [-0.15, -0.1) is 0 Å². The monoisotopic (exact) mass is 327 g/mol. The van der Waals surface area contributed by atoms with Crippen LogP contribution >= 0.6 is 0 Å². The normalized spacial score (nSPS) is 11.4. The molecule has 2 aromatic carbocycles. The van der Waals surface area contributed by atoms with Crippen molar-refractivity contribution in [3.8, 4) is 5.75 Å². The Morgan fingerprint density at radius 2 is 1.50 bits per heavy atom. The van der Waals surface area contributed by atoms with Gasteiger partial charge in [0, 0.05) is 11.3 Å². The average molecular weight is 327 g/mol. The fourth-order valence-electron chi connectivity index (χ4n) is 1.91. The van der Waals surface area contributed by atoms with Crippen molar-refractivity contribution < 1.29 is 24.2 Å². The highest BCUT2D eigenvalue weighted by molar-refractivity contribution is 5.98. The maximum absolute atomic E-state index is 12.1. The van der Waals surface area contributed by atoms with E-state index in [0.29, 0.717) is 11.3 Å². The molecule has 0 radical (unpaired) electrons. The summed E-state index contributed by atoms with van der Waals surface area (Å²) in [4.78, 5) is 35.2. The second-order valence-electron chi connectivity index (χ2n) is 5.22. The predicted molar refractivity (Wildman–Crippen MR) is 88.1 cm³/mol. The van der Waals surface area contributed by atoms with Crippen LogP contribution < -0.4 is 5.32 Å². The molecule has 0 aliphatic carbocycles. The lowest BCUT2D eigenvalue weighted by molar-refractivity contribution is -0.123. The Bertz CT molecular complexity index is 750. The van der Waals surface area contributed by atoms with Crippen molar-refractivity contribution in [3.63, 3.8) is 0 Å². The van der Waals surface area contributed by atoms with Crippen LogP contribution in [0.1, 0.15) is 34.6 Å². The fraction of sp³-hybridized carbons (Fsp3) is 0.167. The molecule has 1 amide bonds. The maximum atomic E-state index is 12.1. The van der Waals surface area contributed by atoms with Gasteiger partial charge >= 0.3 is 5.97 Å². The zero-order valence-corrected chi connectivity index (χ0v) is 13.3. The first-order chi connectivity index (χ1) is 11.4. The molecular formula is C18H17NO5. The zero-order chi connectivity index (χ0) is 17.7. The number of ether oxygens (including phenoxy) is 1. The number of anilines is 1. The van der Waals surface area contributed by atoms with Gasteiger partial charge in [-0.25, -0.2) is 4.79 Å². The van der Waals surface area contributed by atoms with Crippen molar-refractivity contribution in [2.45, 2.75) is 20.0 Å². The number of aromatic hydroxyl groups is 1. The molecule has 0 fully saturated rings. The molecule has 0 spiro atoms. The van der Waals surface area contributed by atoms with Gasteiger partial charge in [-0.1, -0.05) is 0 Å². The standard InChI is InChI=1S/C18H17NO5/c1-11(20)13-3-7-15(8-4-13)19-17(22)12(2)24-18(23)14-5-9-16(21)10-6-14/h3-10,12,21H,1-2H3,(H,19,22). The fourth-order valence-corrected chi connectivity index (χ4v) is 1.91. The molecule has 0 aromatic heterocycles. The smallest absolute Gasteiger partial charge is 0.338 e.